The Morgan fingerprint density at radius 1 is 1.59 bits per heavy atom. The van der Waals surface area contributed by atoms with Crippen LogP contribution in [0, 0.1) is 0 Å². The summed E-state index contributed by atoms with van der Waals surface area (Å²) in [6, 6.07) is -0.125. The van der Waals surface area contributed by atoms with Crippen LogP contribution in [0.1, 0.15) is 38.5 Å². The van der Waals surface area contributed by atoms with E-state index in [0.29, 0.717) is 12.5 Å². The van der Waals surface area contributed by atoms with E-state index in [1.54, 1.807) is 12.5 Å². The Balaban J connectivity index is 2.26. The highest BCUT2D eigenvalue weighted by Gasteiger charge is 2.32. The summed E-state index contributed by atoms with van der Waals surface area (Å²) in [5, 5.41) is 5.79. The monoisotopic (exact) mass is 235 g/mol. The molecular weight excluding hydrogens is 218 g/mol. The largest absolute Gasteiger partial charge is 0.339 e. The molecule has 2 heterocycles. The molecule has 0 aromatic carbocycles. The number of carbonyl (C=O) groups is 1. The highest BCUT2D eigenvalue weighted by atomic mass is 16.2. The lowest BCUT2D eigenvalue weighted by Gasteiger charge is -2.14. The fraction of sp³-hybridized carbons (Fsp3) is 0.545. The molecule has 2 rings (SSSR count). The highest BCUT2D eigenvalue weighted by molar-refractivity contribution is 6.06. The van der Waals surface area contributed by atoms with Gasteiger partial charge in [0, 0.05) is 12.6 Å². The third-order valence-electron chi connectivity index (χ3n) is 2.65. The smallest absolute Gasteiger partial charge is 0.255 e. The molecule has 1 atom stereocenters. The van der Waals surface area contributed by atoms with Crippen molar-refractivity contribution in [3.05, 3.63) is 18.2 Å². The zero-order valence-corrected chi connectivity index (χ0v) is 10.3. The molecule has 0 saturated carbocycles. The number of carbonyl (C=O) groups excluding carboxylic acids is 1. The minimum atomic E-state index is -0.398. The molecule has 1 saturated heterocycles. The minimum absolute atomic E-state index is 0.0837. The third kappa shape index (κ3) is 2.15. The molecule has 1 aliphatic rings. The Morgan fingerprint density at radius 3 is 3.00 bits per heavy atom. The number of hydrogen-bond acceptors (Lipinski definition) is 3. The van der Waals surface area contributed by atoms with Crippen LogP contribution in [0.5, 0.6) is 0 Å². The first-order chi connectivity index (χ1) is 8.13. The summed E-state index contributed by atoms with van der Waals surface area (Å²) in [5.41, 5.74) is 0.860. The average molecular weight is 235 g/mol. The molecule has 0 spiro atoms. The molecule has 1 fully saturated rings. The van der Waals surface area contributed by atoms with Crippen LogP contribution in [0.15, 0.2) is 17.5 Å². The molecule has 1 amide bonds. The van der Waals surface area contributed by atoms with Gasteiger partial charge in [-0.25, -0.2) is 4.98 Å². The van der Waals surface area contributed by atoms with E-state index >= 15 is 0 Å². The van der Waals surface area contributed by atoms with Gasteiger partial charge >= 0.3 is 0 Å². The van der Waals surface area contributed by atoms with Gasteiger partial charge in [-0.05, 0) is 20.8 Å². The Labute approximate surface area is 100 Å². The van der Waals surface area contributed by atoms with Crippen molar-refractivity contribution in [2.75, 3.05) is 6.54 Å². The molecule has 6 nitrogen and oxygen atoms in total. The summed E-state index contributed by atoms with van der Waals surface area (Å²) in [6.07, 6.45) is 3.45. The highest BCUT2D eigenvalue weighted by Crippen LogP contribution is 2.19. The van der Waals surface area contributed by atoms with E-state index in [0.717, 1.165) is 5.69 Å². The van der Waals surface area contributed by atoms with Gasteiger partial charge in [-0.15, -0.1) is 0 Å². The number of rotatable bonds is 3. The van der Waals surface area contributed by atoms with Crippen molar-refractivity contribution in [1.29, 1.82) is 0 Å². The van der Waals surface area contributed by atoms with Gasteiger partial charge in [-0.2, -0.15) is 0 Å². The van der Waals surface area contributed by atoms with Gasteiger partial charge in [0.05, 0.1) is 18.2 Å². The van der Waals surface area contributed by atoms with Gasteiger partial charge in [0.1, 0.15) is 0 Å². The standard InChI is InChI=1S/C11H17N5O/c1-4-13-11-14-9(10(17)15-11)8-5-12-6-16(8)7(2)3/h5-7,9H,4H2,1-3H3,(H2,13,14,15,17). The Hall–Kier alpha value is -1.85. The maximum atomic E-state index is 11.8. The lowest BCUT2D eigenvalue weighted by atomic mass is 10.2. The Bertz CT molecular complexity index is 448. The zero-order chi connectivity index (χ0) is 12.4. The molecule has 1 aliphatic heterocycles. The predicted octanol–water partition coefficient (Wildman–Crippen LogP) is 0.600. The zero-order valence-electron chi connectivity index (χ0n) is 10.3. The maximum Gasteiger partial charge on any atom is 0.255 e. The van der Waals surface area contributed by atoms with Crippen LogP contribution in [0.4, 0.5) is 0 Å². The van der Waals surface area contributed by atoms with Crippen LogP contribution in [0.2, 0.25) is 0 Å². The molecule has 0 radical (unpaired) electrons. The molecule has 2 N–H and O–H groups in total. The number of amides is 1. The molecule has 1 aromatic rings. The summed E-state index contributed by atoms with van der Waals surface area (Å²) in [6.45, 7) is 6.67. The lowest BCUT2D eigenvalue weighted by molar-refractivity contribution is -0.120. The number of imidazole rings is 1. The van der Waals surface area contributed by atoms with Crippen LogP contribution in [-0.2, 0) is 4.79 Å². The van der Waals surface area contributed by atoms with Crippen molar-refractivity contribution in [3.63, 3.8) is 0 Å². The van der Waals surface area contributed by atoms with Crippen LogP contribution in [0.25, 0.3) is 0 Å². The SMILES string of the molecule is CCN=C1NC(=O)C(c2cncn2C(C)C)N1. The number of aromatic nitrogens is 2. The normalized spacial score (nSPS) is 22.0. The fourth-order valence-electron chi connectivity index (χ4n) is 1.85. The third-order valence-corrected chi connectivity index (χ3v) is 2.65. The van der Waals surface area contributed by atoms with Crippen molar-refractivity contribution in [2.24, 2.45) is 4.99 Å². The molecule has 1 aromatic heterocycles. The van der Waals surface area contributed by atoms with Crippen molar-refractivity contribution < 1.29 is 4.79 Å². The van der Waals surface area contributed by atoms with Crippen LogP contribution in [-0.4, -0.2) is 28.0 Å². The fourth-order valence-corrected chi connectivity index (χ4v) is 1.85. The van der Waals surface area contributed by atoms with E-state index in [1.807, 2.05) is 11.5 Å². The summed E-state index contributed by atoms with van der Waals surface area (Å²) < 4.78 is 1.98. The van der Waals surface area contributed by atoms with Gasteiger partial charge in [0.15, 0.2) is 12.0 Å². The summed E-state index contributed by atoms with van der Waals surface area (Å²) in [7, 11) is 0. The average Bonchev–Trinajstić information content (AvgIpc) is 2.84. The van der Waals surface area contributed by atoms with Gasteiger partial charge in [0.2, 0.25) is 0 Å². The number of guanidine groups is 1. The van der Waals surface area contributed by atoms with Gasteiger partial charge in [-0.3, -0.25) is 15.1 Å². The van der Waals surface area contributed by atoms with Crippen LogP contribution < -0.4 is 10.6 Å². The number of aliphatic imine (C=N–C) groups is 1. The van der Waals surface area contributed by atoms with Crippen molar-refractivity contribution in [3.8, 4) is 0 Å². The predicted molar refractivity (Wildman–Crippen MR) is 64.6 cm³/mol. The quantitative estimate of drug-likeness (QED) is 0.806. The Kier molecular flexibility index (Phi) is 3.12. The van der Waals surface area contributed by atoms with E-state index < -0.39 is 6.04 Å². The molecule has 0 aliphatic carbocycles. The van der Waals surface area contributed by atoms with Crippen LogP contribution >= 0.6 is 0 Å². The molecule has 0 bridgehead atoms. The first-order valence-electron chi connectivity index (χ1n) is 5.77. The molecule has 17 heavy (non-hydrogen) atoms. The number of nitrogens with one attached hydrogen (secondary N) is 2. The van der Waals surface area contributed by atoms with Crippen molar-refractivity contribution in [2.45, 2.75) is 32.9 Å². The Morgan fingerprint density at radius 2 is 2.35 bits per heavy atom. The first kappa shape index (κ1) is 11.6. The molecular formula is C11H17N5O. The van der Waals surface area contributed by atoms with E-state index in [9.17, 15) is 4.79 Å². The van der Waals surface area contributed by atoms with Gasteiger partial charge < -0.3 is 9.88 Å². The van der Waals surface area contributed by atoms with Crippen LogP contribution in [0.3, 0.4) is 0 Å². The summed E-state index contributed by atoms with van der Waals surface area (Å²) in [4.78, 5) is 20.1. The topological polar surface area (TPSA) is 71.3 Å². The van der Waals surface area contributed by atoms with Gasteiger partial charge in [0.25, 0.3) is 5.91 Å². The number of nitrogens with zero attached hydrogens (tertiary/aromatic N) is 3. The second-order valence-electron chi connectivity index (χ2n) is 4.21. The number of hydrogen-bond donors (Lipinski definition) is 2. The summed E-state index contributed by atoms with van der Waals surface area (Å²) >= 11 is 0. The van der Waals surface area contributed by atoms with E-state index in [2.05, 4.69) is 34.5 Å². The van der Waals surface area contributed by atoms with E-state index in [4.69, 9.17) is 0 Å². The molecule has 1 unspecified atom stereocenters. The molecule has 6 heteroatoms. The minimum Gasteiger partial charge on any atom is -0.339 e. The van der Waals surface area contributed by atoms with E-state index in [1.165, 1.54) is 0 Å². The second kappa shape index (κ2) is 4.57. The first-order valence-corrected chi connectivity index (χ1v) is 5.77. The maximum absolute atomic E-state index is 11.8. The second-order valence-corrected chi connectivity index (χ2v) is 4.21. The van der Waals surface area contributed by atoms with E-state index in [-0.39, 0.29) is 11.9 Å². The van der Waals surface area contributed by atoms with Crippen molar-refractivity contribution in [1.82, 2.24) is 20.2 Å². The molecule has 92 valence electrons. The van der Waals surface area contributed by atoms with Crippen molar-refractivity contribution >= 4 is 11.9 Å². The lowest BCUT2D eigenvalue weighted by Crippen LogP contribution is -2.25. The summed E-state index contributed by atoms with van der Waals surface area (Å²) in [5.74, 6) is 0.457. The van der Waals surface area contributed by atoms with Gasteiger partial charge in [-0.1, -0.05) is 0 Å².